The molecule has 1 aromatic heterocycles. The molecule has 2 rings (SSSR count). The molecule has 0 aliphatic heterocycles. The second-order valence-corrected chi connectivity index (χ2v) is 4.24. The predicted octanol–water partition coefficient (Wildman–Crippen LogP) is 2.30. The van der Waals surface area contributed by atoms with E-state index in [2.05, 4.69) is 15.5 Å². The molecule has 2 aromatic rings. The normalized spacial score (nSPS) is 9.62. The summed E-state index contributed by atoms with van der Waals surface area (Å²) in [4.78, 5) is 13.8. The fourth-order valence-corrected chi connectivity index (χ4v) is 1.63. The zero-order valence-electron chi connectivity index (χ0n) is 12.9. The molecule has 0 unspecified atom stereocenters. The Morgan fingerprint density at radius 1 is 1.19 bits per heavy atom. The van der Waals surface area contributed by atoms with E-state index < -0.39 is 5.91 Å². The number of nitrogens with one attached hydrogen (secondary N) is 1. The van der Waals surface area contributed by atoms with Crippen LogP contribution >= 0.6 is 0 Å². The van der Waals surface area contributed by atoms with Crippen molar-refractivity contribution in [2.75, 3.05) is 24.3 Å². The molecule has 0 saturated heterocycles. The van der Waals surface area contributed by atoms with E-state index in [1.807, 2.05) is 27.9 Å². The molecule has 21 heavy (non-hydrogen) atoms. The third kappa shape index (κ3) is 4.01. The highest BCUT2D eigenvalue weighted by molar-refractivity contribution is 6.01. The highest BCUT2D eigenvalue weighted by Gasteiger charge is 2.17. The average molecular weight is 293 g/mol. The Kier molecular flexibility index (Phi) is 5.83. The van der Waals surface area contributed by atoms with Gasteiger partial charge in [0.25, 0.3) is 5.91 Å². The third-order valence-corrected chi connectivity index (χ3v) is 2.56. The van der Waals surface area contributed by atoms with Crippen LogP contribution in [-0.2, 0) is 7.05 Å². The zero-order chi connectivity index (χ0) is 16.0. The van der Waals surface area contributed by atoms with Gasteiger partial charge in [0.15, 0.2) is 0 Å². The van der Waals surface area contributed by atoms with Gasteiger partial charge in [-0.05, 0) is 24.3 Å². The third-order valence-electron chi connectivity index (χ3n) is 2.56. The van der Waals surface area contributed by atoms with E-state index >= 15 is 0 Å². The molecule has 0 radical (unpaired) electrons. The molecule has 0 aliphatic carbocycles. The van der Waals surface area contributed by atoms with E-state index in [0.717, 1.165) is 0 Å². The van der Waals surface area contributed by atoms with Crippen LogP contribution in [0.15, 0.2) is 24.3 Å². The van der Waals surface area contributed by atoms with Crippen LogP contribution in [0.4, 0.5) is 16.0 Å². The van der Waals surface area contributed by atoms with Gasteiger partial charge in [0.2, 0.25) is 11.8 Å². The number of anilines is 2. The van der Waals surface area contributed by atoms with E-state index in [0.29, 0.717) is 11.6 Å². The van der Waals surface area contributed by atoms with Gasteiger partial charge in [-0.1, -0.05) is 13.8 Å². The molecule has 0 atom stereocenters. The van der Waals surface area contributed by atoms with Gasteiger partial charge in [-0.15, -0.1) is 10.2 Å². The molecule has 0 bridgehead atoms. The van der Waals surface area contributed by atoms with Crippen molar-refractivity contribution in [2.24, 2.45) is 7.05 Å². The van der Waals surface area contributed by atoms with E-state index in [4.69, 9.17) is 0 Å². The largest absolute Gasteiger partial charge is 0.347 e. The van der Waals surface area contributed by atoms with Crippen LogP contribution in [0.1, 0.15) is 24.5 Å². The van der Waals surface area contributed by atoms with Gasteiger partial charge in [0.1, 0.15) is 5.82 Å². The number of rotatable bonds is 3. The minimum Gasteiger partial charge on any atom is -0.347 e. The highest BCUT2D eigenvalue weighted by Crippen LogP contribution is 2.12. The van der Waals surface area contributed by atoms with Crippen molar-refractivity contribution in [3.05, 3.63) is 35.9 Å². The molecule has 1 aromatic carbocycles. The van der Waals surface area contributed by atoms with Crippen molar-refractivity contribution in [1.29, 1.82) is 0 Å². The minimum atomic E-state index is -0.394. The first-order valence-electron chi connectivity index (χ1n) is 6.62. The van der Waals surface area contributed by atoms with Crippen LogP contribution in [0.2, 0.25) is 0 Å². The predicted molar refractivity (Wildman–Crippen MR) is 81.0 cm³/mol. The van der Waals surface area contributed by atoms with Gasteiger partial charge in [-0.25, -0.2) is 4.39 Å². The number of nitrogens with zero attached hydrogens (tertiary/aromatic N) is 4. The lowest BCUT2D eigenvalue weighted by atomic mass is 10.3. The summed E-state index contributed by atoms with van der Waals surface area (Å²) in [5.41, 5.74) is 0.501. The molecule has 7 heteroatoms. The maximum Gasteiger partial charge on any atom is 0.293 e. The zero-order valence-corrected chi connectivity index (χ0v) is 12.9. The first-order valence-corrected chi connectivity index (χ1v) is 6.62. The lowest BCUT2D eigenvalue weighted by Gasteiger charge is -2.10. The maximum absolute atomic E-state index is 12.8. The maximum atomic E-state index is 12.8. The number of halogens is 1. The smallest absolute Gasteiger partial charge is 0.293 e. The summed E-state index contributed by atoms with van der Waals surface area (Å²) in [5.74, 6) is 0.0125. The Bertz CT molecular complexity index is 592. The van der Waals surface area contributed by atoms with Gasteiger partial charge < -0.3 is 10.2 Å². The number of carbonyl (C=O) groups is 1. The Hall–Kier alpha value is -2.44. The van der Waals surface area contributed by atoms with Crippen molar-refractivity contribution in [3.63, 3.8) is 0 Å². The van der Waals surface area contributed by atoms with Gasteiger partial charge in [0, 0.05) is 26.8 Å². The lowest BCUT2D eigenvalue weighted by Crippen LogP contribution is -2.19. The van der Waals surface area contributed by atoms with Crippen molar-refractivity contribution >= 4 is 17.5 Å². The van der Waals surface area contributed by atoms with Gasteiger partial charge in [-0.2, -0.15) is 0 Å². The summed E-state index contributed by atoms with van der Waals surface area (Å²) in [6, 6.07) is 5.52. The van der Waals surface area contributed by atoms with Gasteiger partial charge >= 0.3 is 0 Å². The number of hydrogen-bond donors (Lipinski definition) is 1. The summed E-state index contributed by atoms with van der Waals surface area (Å²) in [6.07, 6.45) is 0. The first kappa shape index (κ1) is 16.6. The van der Waals surface area contributed by atoms with E-state index in [1.54, 1.807) is 16.5 Å². The molecule has 0 saturated carbocycles. The van der Waals surface area contributed by atoms with Crippen LogP contribution in [0, 0.1) is 5.82 Å². The molecular weight excluding hydrogens is 273 g/mol. The Morgan fingerprint density at radius 2 is 1.76 bits per heavy atom. The van der Waals surface area contributed by atoms with Crippen molar-refractivity contribution in [2.45, 2.75) is 13.8 Å². The highest BCUT2D eigenvalue weighted by atomic mass is 19.1. The summed E-state index contributed by atoms with van der Waals surface area (Å²) < 4.78 is 14.3. The van der Waals surface area contributed by atoms with Crippen molar-refractivity contribution in [3.8, 4) is 0 Å². The number of hydrogen-bond acceptors (Lipinski definition) is 4. The Balaban J connectivity index is 0.00000106. The Labute approximate surface area is 123 Å². The van der Waals surface area contributed by atoms with Crippen LogP contribution in [0.25, 0.3) is 0 Å². The second-order valence-electron chi connectivity index (χ2n) is 4.24. The molecule has 1 amide bonds. The molecular formula is C14H20FN5O. The summed E-state index contributed by atoms with van der Waals surface area (Å²) in [7, 11) is 5.33. The number of amides is 1. The van der Waals surface area contributed by atoms with Crippen LogP contribution in [-0.4, -0.2) is 34.8 Å². The first-order chi connectivity index (χ1) is 9.99. The fourth-order valence-electron chi connectivity index (χ4n) is 1.63. The van der Waals surface area contributed by atoms with E-state index in [-0.39, 0.29) is 11.6 Å². The average Bonchev–Trinajstić information content (AvgIpc) is 2.85. The van der Waals surface area contributed by atoms with Crippen molar-refractivity contribution in [1.82, 2.24) is 14.8 Å². The summed E-state index contributed by atoms with van der Waals surface area (Å²) >= 11 is 0. The van der Waals surface area contributed by atoms with Gasteiger partial charge in [0.05, 0.1) is 0 Å². The topological polar surface area (TPSA) is 63.1 Å². The van der Waals surface area contributed by atoms with Crippen LogP contribution in [0.3, 0.4) is 0 Å². The monoisotopic (exact) mass is 293 g/mol. The van der Waals surface area contributed by atoms with E-state index in [1.165, 1.54) is 24.3 Å². The molecule has 0 aliphatic rings. The Morgan fingerprint density at radius 3 is 2.24 bits per heavy atom. The molecule has 0 spiro atoms. The SMILES string of the molecule is CC.CN(C)c1nnc(C(=O)Nc2ccc(F)cc2)n1C. The van der Waals surface area contributed by atoms with E-state index in [9.17, 15) is 9.18 Å². The molecule has 1 heterocycles. The quantitative estimate of drug-likeness (QED) is 0.943. The molecule has 114 valence electrons. The number of aromatic nitrogens is 3. The number of carbonyl (C=O) groups excluding carboxylic acids is 1. The van der Waals surface area contributed by atoms with Crippen LogP contribution < -0.4 is 10.2 Å². The second kappa shape index (κ2) is 7.37. The number of benzene rings is 1. The van der Waals surface area contributed by atoms with Crippen LogP contribution in [0.5, 0.6) is 0 Å². The standard InChI is InChI=1S/C12H14FN5O.C2H6/c1-17(2)12-16-15-10(18(12)3)11(19)14-9-6-4-8(13)5-7-9;1-2/h4-7H,1-3H3,(H,14,19);1-2H3. The fraction of sp³-hybridized carbons (Fsp3) is 0.357. The lowest BCUT2D eigenvalue weighted by molar-refractivity contribution is 0.101. The summed E-state index contributed by atoms with van der Waals surface area (Å²) in [5, 5.41) is 10.4. The van der Waals surface area contributed by atoms with Crippen molar-refractivity contribution < 1.29 is 9.18 Å². The van der Waals surface area contributed by atoms with Gasteiger partial charge in [-0.3, -0.25) is 9.36 Å². The minimum absolute atomic E-state index is 0.188. The molecule has 6 nitrogen and oxygen atoms in total. The summed E-state index contributed by atoms with van der Waals surface area (Å²) in [6.45, 7) is 4.00. The molecule has 1 N–H and O–H groups in total. The molecule has 0 fully saturated rings.